The monoisotopic (exact) mass is 235 g/mol. The largest absolute Gasteiger partial charge is 0.489 e. The predicted molar refractivity (Wildman–Crippen MR) is 58.0 cm³/mol. The number of benzene rings is 1. The Labute approximate surface area is 97.6 Å². The van der Waals surface area contributed by atoms with E-state index < -0.39 is 11.8 Å². The second-order valence-corrected chi connectivity index (χ2v) is 3.37. The second-order valence-electron chi connectivity index (χ2n) is 3.37. The molecule has 1 aromatic rings. The fraction of sp³-hybridized carbons (Fsp3) is 0.167. The van der Waals surface area contributed by atoms with Crippen LogP contribution in [0.3, 0.4) is 0 Å². The third-order valence-corrected chi connectivity index (χ3v) is 1.90. The maximum atomic E-state index is 13.2. The number of ether oxygens (including phenoxy) is 1. The molecule has 0 amide bonds. The number of hydrogen-bond acceptors (Lipinski definition) is 3. The van der Waals surface area contributed by atoms with E-state index in [0.29, 0.717) is 5.57 Å². The molecule has 0 bridgehead atoms. The van der Waals surface area contributed by atoms with Crippen molar-refractivity contribution in [2.45, 2.75) is 6.92 Å². The van der Waals surface area contributed by atoms with Gasteiger partial charge in [0.1, 0.15) is 24.2 Å². The van der Waals surface area contributed by atoms with E-state index in [4.69, 9.17) is 15.1 Å². The fourth-order valence-electron chi connectivity index (χ4n) is 1.13. The molecule has 0 saturated carbocycles. The number of hydrogen-bond donors (Lipinski definition) is 1. The van der Waals surface area contributed by atoms with Gasteiger partial charge in [0.2, 0.25) is 0 Å². The van der Waals surface area contributed by atoms with Crippen molar-refractivity contribution < 1.29 is 19.0 Å². The van der Waals surface area contributed by atoms with E-state index >= 15 is 0 Å². The summed E-state index contributed by atoms with van der Waals surface area (Å²) in [6.07, 6.45) is 1.01. The molecule has 0 atom stereocenters. The number of carboxylic acids is 1. The number of halogens is 1. The van der Waals surface area contributed by atoms with Crippen LogP contribution in [0.4, 0.5) is 4.39 Å². The van der Waals surface area contributed by atoms with Crippen molar-refractivity contribution in [2.24, 2.45) is 0 Å². The third kappa shape index (κ3) is 3.95. The van der Waals surface area contributed by atoms with Gasteiger partial charge in [0.15, 0.2) is 0 Å². The summed E-state index contributed by atoms with van der Waals surface area (Å²) in [6, 6.07) is 5.54. The summed E-state index contributed by atoms with van der Waals surface area (Å²) in [5, 5.41) is 17.0. The zero-order valence-corrected chi connectivity index (χ0v) is 9.11. The summed E-state index contributed by atoms with van der Waals surface area (Å²) >= 11 is 0. The number of carboxylic acid groups (broad SMARTS) is 1. The molecule has 1 rings (SSSR count). The molecule has 0 spiro atoms. The summed E-state index contributed by atoms with van der Waals surface area (Å²) in [7, 11) is 0. The Balaban J connectivity index is 2.68. The molecule has 88 valence electrons. The maximum Gasteiger partial charge on any atom is 0.328 e. The van der Waals surface area contributed by atoms with E-state index in [2.05, 4.69) is 0 Å². The summed E-state index contributed by atoms with van der Waals surface area (Å²) in [6.45, 7) is 1.64. The lowest BCUT2D eigenvalue weighted by molar-refractivity contribution is -0.131. The number of nitriles is 1. The Morgan fingerprint density at radius 1 is 1.65 bits per heavy atom. The molecular weight excluding hydrogens is 225 g/mol. The van der Waals surface area contributed by atoms with Crippen LogP contribution in [0, 0.1) is 17.1 Å². The quantitative estimate of drug-likeness (QED) is 0.811. The lowest BCUT2D eigenvalue weighted by Crippen LogP contribution is -2.01. The molecule has 17 heavy (non-hydrogen) atoms. The van der Waals surface area contributed by atoms with Gasteiger partial charge in [-0.3, -0.25) is 0 Å². The van der Waals surface area contributed by atoms with Gasteiger partial charge >= 0.3 is 5.97 Å². The molecule has 0 fully saturated rings. The van der Waals surface area contributed by atoms with Crippen LogP contribution in [-0.4, -0.2) is 17.7 Å². The normalized spacial score (nSPS) is 10.8. The van der Waals surface area contributed by atoms with Gasteiger partial charge in [-0.05, 0) is 24.6 Å². The minimum absolute atomic E-state index is 0.0532. The number of carbonyl (C=O) groups is 1. The van der Waals surface area contributed by atoms with E-state index in [1.807, 2.05) is 0 Å². The van der Waals surface area contributed by atoms with Crippen LogP contribution in [0.5, 0.6) is 5.75 Å². The molecule has 5 heteroatoms. The second kappa shape index (κ2) is 5.66. The number of rotatable bonds is 4. The Kier molecular flexibility index (Phi) is 4.23. The van der Waals surface area contributed by atoms with Crippen molar-refractivity contribution in [3.8, 4) is 11.8 Å². The topological polar surface area (TPSA) is 70.3 Å². The highest BCUT2D eigenvalue weighted by Crippen LogP contribution is 2.16. The Bertz CT molecular complexity index is 503. The van der Waals surface area contributed by atoms with Crippen molar-refractivity contribution >= 4 is 5.97 Å². The zero-order valence-electron chi connectivity index (χ0n) is 9.11. The van der Waals surface area contributed by atoms with Crippen molar-refractivity contribution in [3.05, 3.63) is 41.2 Å². The molecule has 4 nitrogen and oxygen atoms in total. The van der Waals surface area contributed by atoms with Gasteiger partial charge in [0.25, 0.3) is 0 Å². The van der Waals surface area contributed by atoms with Gasteiger partial charge in [-0.2, -0.15) is 5.26 Å². The third-order valence-electron chi connectivity index (χ3n) is 1.90. The summed E-state index contributed by atoms with van der Waals surface area (Å²) < 4.78 is 18.3. The van der Waals surface area contributed by atoms with Gasteiger partial charge in [-0.25, -0.2) is 9.18 Å². The van der Waals surface area contributed by atoms with E-state index in [0.717, 1.165) is 12.1 Å². The molecule has 0 aliphatic heterocycles. The Hall–Kier alpha value is -2.35. The van der Waals surface area contributed by atoms with Gasteiger partial charge in [-0.15, -0.1) is 0 Å². The highest BCUT2D eigenvalue weighted by molar-refractivity contribution is 5.80. The lowest BCUT2D eigenvalue weighted by Gasteiger charge is -2.06. The lowest BCUT2D eigenvalue weighted by atomic mass is 10.2. The molecular formula is C12H10FNO3. The highest BCUT2D eigenvalue weighted by atomic mass is 19.1. The van der Waals surface area contributed by atoms with Gasteiger partial charge in [-0.1, -0.05) is 0 Å². The molecule has 0 heterocycles. The van der Waals surface area contributed by atoms with Crippen molar-refractivity contribution in [3.63, 3.8) is 0 Å². The van der Waals surface area contributed by atoms with Crippen molar-refractivity contribution in [2.75, 3.05) is 6.61 Å². The first kappa shape index (κ1) is 12.7. The molecule has 1 N–H and O–H groups in total. The first-order valence-electron chi connectivity index (χ1n) is 4.75. The summed E-state index contributed by atoms with van der Waals surface area (Å²) in [4.78, 5) is 10.3. The van der Waals surface area contributed by atoms with E-state index in [1.165, 1.54) is 12.1 Å². The average molecular weight is 235 g/mol. The van der Waals surface area contributed by atoms with Crippen LogP contribution >= 0.6 is 0 Å². The van der Waals surface area contributed by atoms with Crippen LogP contribution in [0.1, 0.15) is 12.5 Å². The van der Waals surface area contributed by atoms with E-state index in [1.54, 1.807) is 13.0 Å². The first-order valence-corrected chi connectivity index (χ1v) is 4.75. The molecule has 0 aliphatic rings. The van der Waals surface area contributed by atoms with Gasteiger partial charge in [0.05, 0.1) is 5.56 Å². The summed E-state index contributed by atoms with van der Waals surface area (Å²) in [5.74, 6) is -1.47. The Morgan fingerprint density at radius 3 is 2.88 bits per heavy atom. The van der Waals surface area contributed by atoms with Crippen LogP contribution in [-0.2, 0) is 4.79 Å². The number of nitrogens with zero attached hydrogens (tertiary/aromatic N) is 1. The molecule has 0 saturated heterocycles. The average Bonchev–Trinajstić information content (AvgIpc) is 2.25. The van der Waals surface area contributed by atoms with Crippen LogP contribution in [0.15, 0.2) is 29.8 Å². The predicted octanol–water partition coefficient (Wildman–Crippen LogP) is 2.11. The van der Waals surface area contributed by atoms with Crippen LogP contribution < -0.4 is 4.74 Å². The fourth-order valence-corrected chi connectivity index (χ4v) is 1.13. The van der Waals surface area contributed by atoms with Gasteiger partial charge < -0.3 is 9.84 Å². The van der Waals surface area contributed by atoms with Crippen LogP contribution in [0.25, 0.3) is 0 Å². The maximum absolute atomic E-state index is 13.2. The molecule has 0 aliphatic carbocycles. The minimum Gasteiger partial charge on any atom is -0.489 e. The molecule has 0 radical (unpaired) electrons. The van der Waals surface area contributed by atoms with E-state index in [9.17, 15) is 9.18 Å². The SMILES string of the molecule is CC(=CC(=O)O)COc1ccc(C#N)c(F)c1. The Morgan fingerprint density at radius 2 is 2.35 bits per heavy atom. The highest BCUT2D eigenvalue weighted by Gasteiger charge is 2.03. The first-order chi connectivity index (χ1) is 8.02. The minimum atomic E-state index is -1.06. The number of aliphatic carboxylic acids is 1. The van der Waals surface area contributed by atoms with E-state index in [-0.39, 0.29) is 17.9 Å². The molecule has 0 unspecified atom stereocenters. The molecule has 1 aromatic carbocycles. The summed E-state index contributed by atoms with van der Waals surface area (Å²) in [5.41, 5.74) is 0.442. The standard InChI is InChI=1S/C12H10FNO3/c1-8(4-12(15)16)7-17-10-3-2-9(6-14)11(13)5-10/h2-5H,7H2,1H3,(H,15,16). The van der Waals surface area contributed by atoms with Crippen LogP contribution in [0.2, 0.25) is 0 Å². The molecule has 0 aromatic heterocycles. The zero-order chi connectivity index (χ0) is 12.8. The van der Waals surface area contributed by atoms with Crippen molar-refractivity contribution in [1.82, 2.24) is 0 Å². The smallest absolute Gasteiger partial charge is 0.328 e. The van der Waals surface area contributed by atoms with Crippen molar-refractivity contribution in [1.29, 1.82) is 5.26 Å². The van der Waals surface area contributed by atoms with Gasteiger partial charge in [0, 0.05) is 12.1 Å².